The Morgan fingerprint density at radius 2 is 1.89 bits per heavy atom. The molecule has 1 saturated heterocycles. The van der Waals surface area contributed by atoms with Crippen molar-refractivity contribution >= 4 is 28.9 Å². The summed E-state index contributed by atoms with van der Waals surface area (Å²) in [6.07, 6.45) is 3.78. The Hall–Kier alpha value is -3.34. The van der Waals surface area contributed by atoms with E-state index in [1.165, 1.54) is 4.90 Å². The van der Waals surface area contributed by atoms with Crippen molar-refractivity contribution in [2.45, 2.75) is 26.9 Å². The third kappa shape index (κ3) is 3.12. The fourth-order valence-electron chi connectivity index (χ4n) is 3.52. The van der Waals surface area contributed by atoms with E-state index in [9.17, 15) is 9.59 Å². The Labute approximate surface area is 157 Å². The second-order valence-corrected chi connectivity index (χ2v) is 6.76. The molecule has 0 unspecified atom stereocenters. The lowest BCUT2D eigenvalue weighted by molar-refractivity contribution is -0.123. The van der Waals surface area contributed by atoms with Crippen LogP contribution in [0, 0.1) is 6.92 Å². The van der Waals surface area contributed by atoms with Gasteiger partial charge in [0.25, 0.3) is 5.91 Å². The number of para-hydroxylation sites is 1. The van der Waals surface area contributed by atoms with Crippen LogP contribution in [0.5, 0.6) is 0 Å². The molecule has 0 atom stereocenters. The summed E-state index contributed by atoms with van der Waals surface area (Å²) in [5, 5.41) is 3.78. The van der Waals surface area contributed by atoms with Crippen molar-refractivity contribution in [1.82, 2.24) is 14.8 Å². The number of carbonyl (C=O) groups excluding carboxylic acids is 2. The van der Waals surface area contributed by atoms with E-state index in [1.807, 2.05) is 55.6 Å². The monoisotopic (exact) mass is 359 g/mol. The molecular formula is C22H21N3O2. The molecular weight excluding hydrogens is 338 g/mol. The minimum absolute atomic E-state index is 0.264. The van der Waals surface area contributed by atoms with E-state index in [1.54, 1.807) is 6.08 Å². The van der Waals surface area contributed by atoms with Gasteiger partial charge in [-0.05, 0) is 31.6 Å². The lowest BCUT2D eigenvalue weighted by Gasteiger charge is -2.12. The summed E-state index contributed by atoms with van der Waals surface area (Å²) in [7, 11) is 0. The van der Waals surface area contributed by atoms with Crippen LogP contribution >= 0.6 is 0 Å². The maximum absolute atomic E-state index is 12.8. The zero-order valence-electron chi connectivity index (χ0n) is 15.4. The number of hydrogen-bond acceptors (Lipinski definition) is 2. The van der Waals surface area contributed by atoms with Crippen molar-refractivity contribution in [2.75, 3.05) is 0 Å². The molecule has 5 nitrogen and oxygen atoms in total. The number of urea groups is 1. The predicted molar refractivity (Wildman–Crippen MR) is 106 cm³/mol. The van der Waals surface area contributed by atoms with Crippen LogP contribution in [0.1, 0.15) is 23.6 Å². The highest BCUT2D eigenvalue weighted by molar-refractivity contribution is 6.14. The third-order valence-corrected chi connectivity index (χ3v) is 4.85. The summed E-state index contributed by atoms with van der Waals surface area (Å²) >= 11 is 0. The SMILES string of the molecule is CCn1cc(/C=C2/NC(=O)N(Cc3cccc(C)c3)C2=O)c2ccccc21. The number of nitrogens with zero attached hydrogens (tertiary/aromatic N) is 2. The van der Waals surface area contributed by atoms with E-state index in [2.05, 4.69) is 22.9 Å². The van der Waals surface area contributed by atoms with Crippen LogP contribution in [0.2, 0.25) is 0 Å². The third-order valence-electron chi connectivity index (χ3n) is 4.85. The predicted octanol–water partition coefficient (Wildman–Crippen LogP) is 4.06. The fraction of sp³-hybridized carbons (Fsp3) is 0.182. The van der Waals surface area contributed by atoms with Crippen LogP contribution < -0.4 is 5.32 Å². The molecule has 1 N–H and O–H groups in total. The van der Waals surface area contributed by atoms with Crippen molar-refractivity contribution in [2.24, 2.45) is 0 Å². The highest BCUT2D eigenvalue weighted by Crippen LogP contribution is 2.25. The number of imide groups is 1. The molecule has 1 aliphatic rings. The molecule has 0 spiro atoms. The maximum Gasteiger partial charge on any atom is 0.329 e. The lowest BCUT2D eigenvalue weighted by atomic mass is 10.1. The smallest absolute Gasteiger partial charge is 0.329 e. The van der Waals surface area contributed by atoms with E-state index in [4.69, 9.17) is 0 Å². The molecule has 0 saturated carbocycles. The lowest BCUT2D eigenvalue weighted by Crippen LogP contribution is -2.30. The van der Waals surface area contributed by atoms with Gasteiger partial charge in [-0.1, -0.05) is 48.0 Å². The molecule has 0 radical (unpaired) electrons. The van der Waals surface area contributed by atoms with Crippen LogP contribution in [0.15, 0.2) is 60.4 Å². The number of hydrogen-bond donors (Lipinski definition) is 1. The molecule has 0 aliphatic carbocycles. The van der Waals surface area contributed by atoms with Crippen molar-refractivity contribution < 1.29 is 9.59 Å². The molecule has 5 heteroatoms. The number of rotatable bonds is 4. The quantitative estimate of drug-likeness (QED) is 0.564. The van der Waals surface area contributed by atoms with Crippen LogP contribution in [0.4, 0.5) is 4.79 Å². The van der Waals surface area contributed by atoms with Crippen LogP contribution in [-0.2, 0) is 17.9 Å². The highest BCUT2D eigenvalue weighted by atomic mass is 16.2. The van der Waals surface area contributed by atoms with Gasteiger partial charge in [0.2, 0.25) is 0 Å². The van der Waals surface area contributed by atoms with Gasteiger partial charge < -0.3 is 9.88 Å². The summed E-state index contributed by atoms with van der Waals surface area (Å²) < 4.78 is 2.13. The van der Waals surface area contributed by atoms with E-state index >= 15 is 0 Å². The molecule has 136 valence electrons. The number of carbonyl (C=O) groups is 2. The number of aryl methyl sites for hydroxylation is 2. The van der Waals surface area contributed by atoms with Crippen LogP contribution in [0.3, 0.4) is 0 Å². The second-order valence-electron chi connectivity index (χ2n) is 6.76. The molecule has 3 aromatic rings. The van der Waals surface area contributed by atoms with Crippen LogP contribution in [0.25, 0.3) is 17.0 Å². The first-order valence-corrected chi connectivity index (χ1v) is 9.05. The van der Waals surface area contributed by atoms with Crippen molar-refractivity contribution in [3.8, 4) is 0 Å². The van der Waals surface area contributed by atoms with Gasteiger partial charge in [-0.3, -0.25) is 9.69 Å². The Kier molecular flexibility index (Phi) is 4.28. The largest absolute Gasteiger partial charge is 0.347 e. The van der Waals surface area contributed by atoms with E-state index in [0.29, 0.717) is 5.70 Å². The molecule has 2 heterocycles. The van der Waals surface area contributed by atoms with Gasteiger partial charge in [-0.15, -0.1) is 0 Å². The van der Waals surface area contributed by atoms with Crippen molar-refractivity contribution in [1.29, 1.82) is 0 Å². The first-order chi connectivity index (χ1) is 13.1. The zero-order chi connectivity index (χ0) is 19.0. The number of amides is 3. The number of nitrogens with one attached hydrogen (secondary N) is 1. The molecule has 2 aromatic carbocycles. The second kappa shape index (κ2) is 6.76. The van der Waals surface area contributed by atoms with Gasteiger partial charge in [-0.2, -0.15) is 0 Å². The van der Waals surface area contributed by atoms with Gasteiger partial charge >= 0.3 is 6.03 Å². The first kappa shape index (κ1) is 17.1. The minimum Gasteiger partial charge on any atom is -0.347 e. The Morgan fingerprint density at radius 1 is 1.07 bits per heavy atom. The summed E-state index contributed by atoms with van der Waals surface area (Å²) in [6.45, 7) is 5.17. The zero-order valence-corrected chi connectivity index (χ0v) is 15.4. The molecule has 0 bridgehead atoms. The summed E-state index contributed by atoms with van der Waals surface area (Å²) in [6, 6.07) is 15.5. The molecule has 1 aliphatic heterocycles. The normalized spacial score (nSPS) is 15.8. The Bertz CT molecular complexity index is 1080. The summed E-state index contributed by atoms with van der Waals surface area (Å²) in [5.41, 5.74) is 4.38. The van der Waals surface area contributed by atoms with Gasteiger partial charge in [0.15, 0.2) is 0 Å². The molecule has 3 amide bonds. The van der Waals surface area contributed by atoms with Gasteiger partial charge in [0.05, 0.1) is 6.54 Å². The molecule has 1 aromatic heterocycles. The average Bonchev–Trinajstić information content (AvgIpc) is 3.15. The van der Waals surface area contributed by atoms with Gasteiger partial charge in [0.1, 0.15) is 5.70 Å². The number of fused-ring (bicyclic) bond motifs is 1. The maximum atomic E-state index is 12.8. The molecule has 1 fully saturated rings. The average molecular weight is 359 g/mol. The first-order valence-electron chi connectivity index (χ1n) is 9.05. The van der Waals surface area contributed by atoms with E-state index in [0.717, 1.165) is 34.1 Å². The number of aromatic nitrogens is 1. The molecule has 27 heavy (non-hydrogen) atoms. The van der Waals surface area contributed by atoms with Gasteiger partial charge in [-0.25, -0.2) is 4.79 Å². The Balaban J connectivity index is 1.66. The van der Waals surface area contributed by atoms with E-state index in [-0.39, 0.29) is 18.5 Å². The highest BCUT2D eigenvalue weighted by Gasteiger charge is 2.33. The van der Waals surface area contributed by atoms with Crippen LogP contribution in [-0.4, -0.2) is 21.4 Å². The fourth-order valence-corrected chi connectivity index (χ4v) is 3.52. The number of benzene rings is 2. The summed E-state index contributed by atoms with van der Waals surface area (Å²) in [4.78, 5) is 26.4. The van der Waals surface area contributed by atoms with Crippen molar-refractivity contribution in [3.05, 3.63) is 77.1 Å². The standard InChI is InChI=1S/C22H21N3O2/c1-3-24-14-17(18-9-4-5-10-20(18)24)12-19-21(26)25(22(27)23-19)13-16-8-6-7-15(2)11-16/h4-12,14H,3,13H2,1-2H3,(H,23,27)/b19-12+. The topological polar surface area (TPSA) is 54.3 Å². The van der Waals surface area contributed by atoms with Crippen molar-refractivity contribution in [3.63, 3.8) is 0 Å². The van der Waals surface area contributed by atoms with E-state index < -0.39 is 0 Å². The van der Waals surface area contributed by atoms with Gasteiger partial charge in [0, 0.05) is 29.2 Å². The Morgan fingerprint density at radius 3 is 2.67 bits per heavy atom. The molecule has 4 rings (SSSR count). The minimum atomic E-state index is -0.382. The summed E-state index contributed by atoms with van der Waals surface area (Å²) in [5.74, 6) is -0.296.